The van der Waals surface area contributed by atoms with Crippen molar-refractivity contribution in [2.45, 2.75) is 18.7 Å². The average Bonchev–Trinajstić information content (AvgIpc) is 2.85. The van der Waals surface area contributed by atoms with Crippen LogP contribution >= 0.6 is 11.6 Å². The fraction of sp³-hybridized carbons (Fsp3) is 0.176. The van der Waals surface area contributed by atoms with E-state index >= 15 is 0 Å². The molecule has 0 aliphatic carbocycles. The number of rotatable bonds is 3. The molecule has 1 aliphatic heterocycles. The van der Waals surface area contributed by atoms with Crippen molar-refractivity contribution in [1.29, 1.82) is 0 Å². The molecule has 4 nitrogen and oxygen atoms in total. The standard InChI is InChI=1S/C17H11ClF3NO3/c18-12-7-9(17(19,20)21)5-6-13(12)22-15(23)8-14-10-3-1-2-4-11(10)16(24)25-14/h1-7,14H,8H2,(H,22,23)/t14-/m1/s1. The Kier molecular flexibility index (Phi) is 4.43. The maximum atomic E-state index is 12.6. The van der Waals surface area contributed by atoms with Crippen LogP contribution in [0.1, 0.15) is 34.0 Å². The Balaban J connectivity index is 1.71. The largest absolute Gasteiger partial charge is 0.453 e. The van der Waals surface area contributed by atoms with Crippen LogP contribution in [0.3, 0.4) is 0 Å². The smallest absolute Gasteiger partial charge is 0.416 e. The summed E-state index contributed by atoms with van der Waals surface area (Å²) in [5, 5.41) is 2.20. The van der Waals surface area contributed by atoms with Gasteiger partial charge in [0.1, 0.15) is 6.10 Å². The lowest BCUT2D eigenvalue weighted by atomic mass is 10.0. The van der Waals surface area contributed by atoms with E-state index in [0.717, 1.165) is 18.2 Å². The SMILES string of the molecule is O=C(C[C@H]1OC(=O)c2ccccc21)Nc1ccc(C(F)(F)F)cc1Cl. The number of halogens is 4. The van der Waals surface area contributed by atoms with Crippen LogP contribution in [0.15, 0.2) is 42.5 Å². The molecule has 0 saturated heterocycles. The predicted molar refractivity (Wildman–Crippen MR) is 84.3 cm³/mol. The van der Waals surface area contributed by atoms with Crippen molar-refractivity contribution in [2.75, 3.05) is 5.32 Å². The number of hydrogen-bond acceptors (Lipinski definition) is 3. The fourth-order valence-corrected chi connectivity index (χ4v) is 2.76. The third-order valence-corrected chi connectivity index (χ3v) is 4.03. The lowest BCUT2D eigenvalue weighted by Crippen LogP contribution is -2.16. The van der Waals surface area contributed by atoms with Gasteiger partial charge in [-0.3, -0.25) is 4.79 Å². The van der Waals surface area contributed by atoms with Gasteiger partial charge in [-0.05, 0) is 24.3 Å². The monoisotopic (exact) mass is 369 g/mol. The molecular formula is C17H11ClF3NO3. The number of carbonyl (C=O) groups is 2. The highest BCUT2D eigenvalue weighted by Crippen LogP contribution is 2.35. The predicted octanol–water partition coefficient (Wildman–Crippen LogP) is 4.60. The zero-order chi connectivity index (χ0) is 18.2. The number of fused-ring (bicyclic) bond motifs is 1. The van der Waals surface area contributed by atoms with Gasteiger partial charge in [-0.2, -0.15) is 13.2 Å². The van der Waals surface area contributed by atoms with E-state index in [1.54, 1.807) is 24.3 Å². The summed E-state index contributed by atoms with van der Waals surface area (Å²) in [6.07, 6.45) is -5.43. The second-order valence-electron chi connectivity index (χ2n) is 5.43. The molecule has 0 unspecified atom stereocenters. The van der Waals surface area contributed by atoms with Crippen molar-refractivity contribution in [2.24, 2.45) is 0 Å². The fourth-order valence-electron chi connectivity index (χ4n) is 2.53. The molecule has 1 amide bonds. The first-order valence-corrected chi connectivity index (χ1v) is 7.60. The molecule has 0 radical (unpaired) electrons. The quantitative estimate of drug-likeness (QED) is 0.804. The highest BCUT2D eigenvalue weighted by Gasteiger charge is 2.33. The molecule has 1 atom stereocenters. The Morgan fingerprint density at radius 1 is 1.20 bits per heavy atom. The molecule has 2 aromatic rings. The minimum atomic E-state index is -4.52. The first-order chi connectivity index (χ1) is 11.8. The Hall–Kier alpha value is -2.54. The number of anilines is 1. The number of alkyl halides is 3. The summed E-state index contributed by atoms with van der Waals surface area (Å²) in [5.41, 5.74) is 0.139. The molecule has 0 fully saturated rings. The number of esters is 1. The van der Waals surface area contributed by atoms with Crippen molar-refractivity contribution in [3.8, 4) is 0 Å². The third kappa shape index (κ3) is 3.61. The van der Waals surface area contributed by atoms with Gasteiger partial charge in [0.25, 0.3) is 0 Å². The highest BCUT2D eigenvalue weighted by molar-refractivity contribution is 6.33. The zero-order valence-corrected chi connectivity index (χ0v) is 13.3. The summed E-state index contributed by atoms with van der Waals surface area (Å²) in [6, 6.07) is 9.33. The van der Waals surface area contributed by atoms with Gasteiger partial charge < -0.3 is 10.1 Å². The molecule has 130 valence electrons. The average molecular weight is 370 g/mol. The summed E-state index contributed by atoms with van der Waals surface area (Å²) in [5.74, 6) is -1.04. The van der Waals surface area contributed by atoms with Crippen LogP contribution in [0.25, 0.3) is 0 Å². The van der Waals surface area contributed by atoms with Gasteiger partial charge in [-0.25, -0.2) is 4.79 Å². The minimum absolute atomic E-state index is 0.0530. The van der Waals surface area contributed by atoms with E-state index in [0.29, 0.717) is 11.1 Å². The van der Waals surface area contributed by atoms with Crippen molar-refractivity contribution in [3.05, 3.63) is 64.2 Å². The van der Waals surface area contributed by atoms with Crippen LogP contribution in [-0.4, -0.2) is 11.9 Å². The third-order valence-electron chi connectivity index (χ3n) is 3.72. The number of benzene rings is 2. The molecule has 2 aromatic carbocycles. The summed E-state index contributed by atoms with van der Waals surface area (Å²) in [6.45, 7) is 0. The van der Waals surface area contributed by atoms with Crippen LogP contribution in [0.2, 0.25) is 5.02 Å². The molecule has 0 spiro atoms. The zero-order valence-electron chi connectivity index (χ0n) is 12.6. The number of ether oxygens (including phenoxy) is 1. The summed E-state index contributed by atoms with van der Waals surface area (Å²) >= 11 is 5.80. The van der Waals surface area contributed by atoms with Gasteiger partial charge in [-0.15, -0.1) is 0 Å². The van der Waals surface area contributed by atoms with E-state index < -0.39 is 29.7 Å². The van der Waals surface area contributed by atoms with E-state index in [2.05, 4.69) is 5.32 Å². The number of hydrogen-bond donors (Lipinski definition) is 1. The van der Waals surface area contributed by atoms with E-state index in [1.807, 2.05) is 0 Å². The normalized spacial score (nSPS) is 16.3. The summed E-state index contributed by atoms with van der Waals surface area (Å²) in [4.78, 5) is 23.9. The van der Waals surface area contributed by atoms with Crippen LogP contribution in [0.5, 0.6) is 0 Å². The van der Waals surface area contributed by atoms with Crippen LogP contribution in [0.4, 0.5) is 18.9 Å². The second kappa shape index (κ2) is 6.40. The van der Waals surface area contributed by atoms with Gasteiger partial charge in [0, 0.05) is 5.56 Å². The first-order valence-electron chi connectivity index (χ1n) is 7.22. The van der Waals surface area contributed by atoms with Crippen LogP contribution in [0, 0.1) is 0 Å². The van der Waals surface area contributed by atoms with Crippen LogP contribution in [-0.2, 0) is 15.7 Å². The van der Waals surface area contributed by atoms with E-state index in [9.17, 15) is 22.8 Å². The molecule has 1 aliphatic rings. The van der Waals surface area contributed by atoms with Crippen molar-refractivity contribution in [3.63, 3.8) is 0 Å². The molecule has 25 heavy (non-hydrogen) atoms. The van der Waals surface area contributed by atoms with E-state index in [-0.39, 0.29) is 17.1 Å². The van der Waals surface area contributed by atoms with Crippen LogP contribution < -0.4 is 5.32 Å². The molecule has 0 saturated carbocycles. The molecular weight excluding hydrogens is 359 g/mol. The van der Waals surface area contributed by atoms with Crippen molar-refractivity contribution < 1.29 is 27.5 Å². The van der Waals surface area contributed by atoms with Crippen molar-refractivity contribution >= 4 is 29.2 Å². The van der Waals surface area contributed by atoms with Crippen molar-refractivity contribution in [1.82, 2.24) is 0 Å². The number of nitrogens with one attached hydrogen (secondary N) is 1. The topological polar surface area (TPSA) is 55.4 Å². The van der Waals surface area contributed by atoms with Gasteiger partial charge in [0.05, 0.1) is 28.3 Å². The maximum Gasteiger partial charge on any atom is 0.416 e. The minimum Gasteiger partial charge on any atom is -0.453 e. The maximum absolute atomic E-state index is 12.6. The first kappa shape index (κ1) is 17.3. The van der Waals surface area contributed by atoms with E-state index in [4.69, 9.17) is 16.3 Å². The Morgan fingerprint density at radius 2 is 1.92 bits per heavy atom. The number of amides is 1. The van der Waals surface area contributed by atoms with Gasteiger partial charge in [-0.1, -0.05) is 29.8 Å². The summed E-state index contributed by atoms with van der Waals surface area (Å²) < 4.78 is 43.0. The number of cyclic esters (lactones) is 1. The van der Waals surface area contributed by atoms with Gasteiger partial charge in [0.2, 0.25) is 5.91 Å². The Morgan fingerprint density at radius 3 is 2.60 bits per heavy atom. The molecule has 8 heteroatoms. The molecule has 1 heterocycles. The number of carbonyl (C=O) groups excluding carboxylic acids is 2. The molecule has 3 rings (SSSR count). The molecule has 1 N–H and O–H groups in total. The Bertz CT molecular complexity index is 851. The van der Waals surface area contributed by atoms with Gasteiger partial charge in [0.15, 0.2) is 0 Å². The second-order valence-corrected chi connectivity index (χ2v) is 5.83. The summed E-state index contributed by atoms with van der Waals surface area (Å²) in [7, 11) is 0. The molecule has 0 aromatic heterocycles. The van der Waals surface area contributed by atoms with Gasteiger partial charge >= 0.3 is 12.1 Å². The molecule has 0 bridgehead atoms. The lowest BCUT2D eigenvalue weighted by Gasteiger charge is -2.13. The highest BCUT2D eigenvalue weighted by atomic mass is 35.5. The Labute approximate surface area is 145 Å². The lowest BCUT2D eigenvalue weighted by molar-refractivity contribution is -0.137. The van der Waals surface area contributed by atoms with E-state index in [1.165, 1.54) is 0 Å².